The fourth-order valence-electron chi connectivity index (χ4n) is 4.92. The van der Waals surface area contributed by atoms with E-state index < -0.39 is 0 Å². The molecule has 90 valence electrons. The average Bonchev–Trinajstić information content (AvgIpc) is 2.12. The molecule has 0 spiro atoms. The molecule has 0 radical (unpaired) electrons. The third-order valence-corrected chi connectivity index (χ3v) is 5.70. The van der Waals surface area contributed by atoms with E-state index in [9.17, 15) is 4.79 Å². The molecule has 4 bridgehead atoms. The molecule has 0 saturated heterocycles. The molecule has 2 N–H and O–H groups in total. The second kappa shape index (κ2) is 3.45. The molecular weight excluding hydrogens is 270 g/mol. The number of nitrogens with one attached hydrogen (secondary N) is 1. The molecule has 3 nitrogen and oxygen atoms in total. The van der Waals surface area contributed by atoms with E-state index >= 15 is 0 Å². The van der Waals surface area contributed by atoms with Crippen molar-refractivity contribution in [1.82, 2.24) is 5.48 Å². The molecule has 0 aromatic carbocycles. The molecule has 4 fully saturated rings. The van der Waals surface area contributed by atoms with E-state index in [1.165, 1.54) is 32.1 Å². The Hall–Kier alpha value is -0.0900. The van der Waals surface area contributed by atoms with E-state index in [1.807, 2.05) is 0 Å². The van der Waals surface area contributed by atoms with Gasteiger partial charge in [-0.2, -0.15) is 0 Å². The lowest BCUT2D eigenvalue weighted by molar-refractivity contribution is -0.136. The Morgan fingerprint density at radius 1 is 1.31 bits per heavy atom. The first-order chi connectivity index (χ1) is 7.53. The minimum Gasteiger partial charge on any atom is -0.289 e. The van der Waals surface area contributed by atoms with Gasteiger partial charge in [-0.25, -0.2) is 5.48 Å². The van der Waals surface area contributed by atoms with Crippen LogP contribution in [-0.4, -0.2) is 15.4 Å². The molecule has 4 heteroatoms. The summed E-state index contributed by atoms with van der Waals surface area (Å²) in [6.45, 7) is 0. The van der Waals surface area contributed by atoms with Crippen LogP contribution < -0.4 is 5.48 Å². The van der Waals surface area contributed by atoms with Crippen molar-refractivity contribution in [2.75, 3.05) is 0 Å². The van der Waals surface area contributed by atoms with Crippen LogP contribution in [0.4, 0.5) is 0 Å². The Labute approximate surface area is 104 Å². The summed E-state index contributed by atoms with van der Waals surface area (Å²) < 4.78 is 0.298. The Balaban J connectivity index is 1.83. The van der Waals surface area contributed by atoms with Crippen molar-refractivity contribution in [2.24, 2.45) is 17.3 Å². The van der Waals surface area contributed by atoms with Gasteiger partial charge >= 0.3 is 0 Å². The number of alkyl halides is 1. The largest absolute Gasteiger partial charge is 0.289 e. The van der Waals surface area contributed by atoms with Crippen LogP contribution >= 0.6 is 15.9 Å². The zero-order valence-electron chi connectivity index (χ0n) is 9.34. The van der Waals surface area contributed by atoms with Crippen LogP contribution in [0.2, 0.25) is 0 Å². The molecule has 2 unspecified atom stereocenters. The van der Waals surface area contributed by atoms with Crippen LogP contribution in [0.1, 0.15) is 44.9 Å². The van der Waals surface area contributed by atoms with Crippen LogP contribution in [0, 0.1) is 17.3 Å². The Bertz CT molecular complexity index is 317. The molecule has 0 aromatic heterocycles. The summed E-state index contributed by atoms with van der Waals surface area (Å²) >= 11 is 3.91. The van der Waals surface area contributed by atoms with Gasteiger partial charge in [0.25, 0.3) is 0 Å². The van der Waals surface area contributed by atoms with Crippen LogP contribution in [0.15, 0.2) is 0 Å². The second-order valence-corrected chi connectivity index (χ2v) is 8.01. The number of amides is 1. The first-order valence-corrected chi connectivity index (χ1v) is 6.94. The maximum absolute atomic E-state index is 11.4. The first-order valence-electron chi connectivity index (χ1n) is 6.14. The molecule has 16 heavy (non-hydrogen) atoms. The predicted octanol–water partition coefficient (Wildman–Crippen LogP) is 2.62. The summed E-state index contributed by atoms with van der Waals surface area (Å²) in [5.41, 5.74) is 1.97. The highest BCUT2D eigenvalue weighted by Gasteiger charge is 2.57. The Kier molecular flexibility index (Phi) is 2.38. The summed E-state index contributed by atoms with van der Waals surface area (Å²) in [5.74, 6) is 1.39. The predicted molar refractivity (Wildman–Crippen MR) is 63.3 cm³/mol. The first kappa shape index (κ1) is 11.0. The molecule has 4 aliphatic carbocycles. The number of rotatable bonds is 2. The maximum Gasteiger partial charge on any atom is 0.243 e. The van der Waals surface area contributed by atoms with E-state index in [0.717, 1.165) is 18.3 Å². The highest BCUT2D eigenvalue weighted by atomic mass is 79.9. The summed E-state index contributed by atoms with van der Waals surface area (Å²) in [7, 11) is 0. The van der Waals surface area contributed by atoms with Crippen molar-refractivity contribution in [1.29, 1.82) is 0 Å². The molecule has 1 amide bonds. The molecule has 0 heterocycles. The van der Waals surface area contributed by atoms with E-state index in [2.05, 4.69) is 15.9 Å². The van der Waals surface area contributed by atoms with E-state index in [-0.39, 0.29) is 11.3 Å². The molecular formula is C12H18BrNO2. The maximum atomic E-state index is 11.4. The van der Waals surface area contributed by atoms with Crippen LogP contribution in [-0.2, 0) is 4.79 Å². The summed E-state index contributed by atoms with van der Waals surface area (Å²) in [6, 6.07) is 0. The van der Waals surface area contributed by atoms with Crippen molar-refractivity contribution >= 4 is 21.8 Å². The third kappa shape index (κ3) is 1.70. The lowest BCUT2D eigenvalue weighted by Crippen LogP contribution is -2.53. The second-order valence-electron chi connectivity index (χ2n) is 6.32. The third-order valence-electron chi connectivity index (χ3n) is 4.77. The average molecular weight is 288 g/mol. The van der Waals surface area contributed by atoms with Crippen molar-refractivity contribution in [3.05, 3.63) is 0 Å². The fourth-order valence-corrected chi connectivity index (χ4v) is 6.43. The minimum absolute atomic E-state index is 0.167. The van der Waals surface area contributed by atoms with E-state index in [4.69, 9.17) is 5.21 Å². The minimum atomic E-state index is -0.210. The SMILES string of the molecule is O=C(CC12C[C@@H]3C[C@@H](CC(Br)(C3)C1)C2)NO. The van der Waals surface area contributed by atoms with Crippen molar-refractivity contribution in [3.8, 4) is 0 Å². The topological polar surface area (TPSA) is 49.3 Å². The number of hydroxylamine groups is 1. The van der Waals surface area contributed by atoms with Crippen LogP contribution in [0.3, 0.4) is 0 Å². The van der Waals surface area contributed by atoms with Gasteiger partial charge < -0.3 is 0 Å². The number of hydrogen-bond donors (Lipinski definition) is 2. The molecule has 4 atom stereocenters. The van der Waals surface area contributed by atoms with Gasteiger partial charge in [-0.15, -0.1) is 0 Å². The molecule has 4 aliphatic rings. The van der Waals surface area contributed by atoms with Gasteiger partial charge in [0.2, 0.25) is 5.91 Å². The standard InChI is InChI=1S/C12H18BrNO2/c13-12-4-8-1-9(5-12)3-11(2-8,7-12)6-10(15)14-16/h8-9,16H,1-7H2,(H,14,15)/t8-,9+,11?,12?. The molecule has 0 aromatic rings. The van der Waals surface area contributed by atoms with Crippen molar-refractivity contribution in [2.45, 2.75) is 49.3 Å². The molecule has 0 aliphatic heterocycles. The fraction of sp³-hybridized carbons (Fsp3) is 0.917. The molecule has 4 rings (SSSR count). The number of halogens is 1. The summed E-state index contributed by atoms with van der Waals surface area (Å²) in [4.78, 5) is 11.4. The van der Waals surface area contributed by atoms with Crippen LogP contribution in [0.5, 0.6) is 0 Å². The normalized spacial score (nSPS) is 49.4. The van der Waals surface area contributed by atoms with Crippen molar-refractivity contribution < 1.29 is 10.0 Å². The zero-order valence-corrected chi connectivity index (χ0v) is 10.9. The van der Waals surface area contributed by atoms with Gasteiger partial charge in [0, 0.05) is 10.7 Å². The number of carbonyl (C=O) groups is 1. The number of carbonyl (C=O) groups excluding carboxylic acids is 1. The highest BCUT2D eigenvalue weighted by Crippen LogP contribution is 2.65. The Morgan fingerprint density at radius 2 is 1.94 bits per heavy atom. The zero-order chi connectivity index (χ0) is 11.4. The van der Waals surface area contributed by atoms with Gasteiger partial charge in [-0.05, 0) is 55.8 Å². The monoisotopic (exact) mass is 287 g/mol. The quantitative estimate of drug-likeness (QED) is 0.466. The highest BCUT2D eigenvalue weighted by molar-refractivity contribution is 9.10. The Morgan fingerprint density at radius 3 is 2.44 bits per heavy atom. The smallest absolute Gasteiger partial charge is 0.243 e. The van der Waals surface area contributed by atoms with Gasteiger partial charge in [-0.1, -0.05) is 15.9 Å². The molecule has 4 saturated carbocycles. The van der Waals surface area contributed by atoms with E-state index in [0.29, 0.717) is 10.7 Å². The summed E-state index contributed by atoms with van der Waals surface area (Å²) in [5, 5.41) is 8.69. The van der Waals surface area contributed by atoms with E-state index in [1.54, 1.807) is 5.48 Å². The van der Waals surface area contributed by atoms with Crippen LogP contribution in [0.25, 0.3) is 0 Å². The number of hydrogen-bond acceptors (Lipinski definition) is 2. The van der Waals surface area contributed by atoms with Gasteiger partial charge in [-0.3, -0.25) is 10.0 Å². The van der Waals surface area contributed by atoms with Crippen molar-refractivity contribution in [3.63, 3.8) is 0 Å². The lowest BCUT2D eigenvalue weighted by Gasteiger charge is -2.60. The summed E-state index contributed by atoms with van der Waals surface area (Å²) in [6.07, 6.45) is 7.91. The van der Waals surface area contributed by atoms with Gasteiger partial charge in [0.15, 0.2) is 0 Å². The van der Waals surface area contributed by atoms with Gasteiger partial charge in [0.1, 0.15) is 0 Å². The van der Waals surface area contributed by atoms with Gasteiger partial charge in [0.05, 0.1) is 0 Å². The lowest BCUT2D eigenvalue weighted by atomic mass is 9.48.